The lowest BCUT2D eigenvalue weighted by molar-refractivity contribution is -0.136. The SMILES string of the molecule is Cl.NC(C(=O)N1CCC(C(=O)NCCCN2CCCC2)CC1)c1ccccc1. The zero-order valence-corrected chi connectivity index (χ0v) is 17.3. The summed E-state index contributed by atoms with van der Waals surface area (Å²) in [6, 6.07) is 8.83. The largest absolute Gasteiger partial charge is 0.356 e. The van der Waals surface area contributed by atoms with Crippen molar-refractivity contribution in [2.45, 2.75) is 38.1 Å². The molecule has 28 heavy (non-hydrogen) atoms. The topological polar surface area (TPSA) is 78.7 Å². The number of likely N-dealkylation sites (tertiary alicyclic amines) is 2. The monoisotopic (exact) mass is 408 g/mol. The highest BCUT2D eigenvalue weighted by atomic mass is 35.5. The van der Waals surface area contributed by atoms with Crippen LogP contribution in [0.2, 0.25) is 0 Å². The third-order valence-corrected chi connectivity index (χ3v) is 5.75. The van der Waals surface area contributed by atoms with E-state index >= 15 is 0 Å². The number of nitrogens with two attached hydrogens (primary N) is 1. The first-order valence-corrected chi connectivity index (χ1v) is 10.2. The first-order chi connectivity index (χ1) is 13.1. The van der Waals surface area contributed by atoms with Crippen molar-refractivity contribution in [3.8, 4) is 0 Å². The van der Waals surface area contributed by atoms with E-state index in [-0.39, 0.29) is 30.1 Å². The number of piperidine rings is 1. The predicted molar refractivity (Wildman–Crippen MR) is 113 cm³/mol. The van der Waals surface area contributed by atoms with Gasteiger partial charge in [0.25, 0.3) is 0 Å². The van der Waals surface area contributed by atoms with E-state index in [1.165, 1.54) is 25.9 Å². The van der Waals surface area contributed by atoms with Crippen LogP contribution in [0.1, 0.15) is 43.7 Å². The molecule has 2 fully saturated rings. The molecule has 7 heteroatoms. The highest BCUT2D eigenvalue weighted by Gasteiger charge is 2.29. The molecule has 0 spiro atoms. The Bertz CT molecular complexity index is 614. The number of hydrogen-bond acceptors (Lipinski definition) is 4. The Morgan fingerprint density at radius 3 is 2.36 bits per heavy atom. The number of halogens is 1. The number of carbonyl (C=O) groups excluding carboxylic acids is 2. The molecular weight excluding hydrogens is 376 g/mol. The Morgan fingerprint density at radius 1 is 1.07 bits per heavy atom. The predicted octanol–water partition coefficient (Wildman–Crippen LogP) is 1.95. The third-order valence-electron chi connectivity index (χ3n) is 5.75. The van der Waals surface area contributed by atoms with E-state index < -0.39 is 6.04 Å². The molecule has 2 amide bonds. The summed E-state index contributed by atoms with van der Waals surface area (Å²) in [5, 5.41) is 3.08. The molecule has 156 valence electrons. The second-order valence-electron chi connectivity index (χ2n) is 7.68. The van der Waals surface area contributed by atoms with Gasteiger partial charge >= 0.3 is 0 Å². The zero-order chi connectivity index (χ0) is 19.1. The molecule has 1 aromatic rings. The van der Waals surface area contributed by atoms with Gasteiger partial charge in [-0.25, -0.2) is 0 Å². The summed E-state index contributed by atoms with van der Waals surface area (Å²) in [5.41, 5.74) is 6.96. The molecule has 1 unspecified atom stereocenters. The second-order valence-corrected chi connectivity index (χ2v) is 7.68. The number of hydrogen-bond donors (Lipinski definition) is 2. The van der Waals surface area contributed by atoms with E-state index in [0.717, 1.165) is 25.1 Å². The van der Waals surface area contributed by atoms with Crippen LogP contribution < -0.4 is 11.1 Å². The molecule has 0 radical (unpaired) electrons. The van der Waals surface area contributed by atoms with Crippen molar-refractivity contribution in [3.05, 3.63) is 35.9 Å². The van der Waals surface area contributed by atoms with Crippen molar-refractivity contribution in [2.75, 3.05) is 39.3 Å². The molecular formula is C21H33ClN4O2. The highest BCUT2D eigenvalue weighted by Crippen LogP contribution is 2.21. The van der Waals surface area contributed by atoms with E-state index in [0.29, 0.717) is 25.9 Å². The van der Waals surface area contributed by atoms with E-state index in [2.05, 4.69) is 10.2 Å². The molecule has 2 saturated heterocycles. The van der Waals surface area contributed by atoms with Gasteiger partial charge in [-0.2, -0.15) is 0 Å². The molecule has 6 nitrogen and oxygen atoms in total. The molecule has 3 rings (SSSR count). The lowest BCUT2D eigenvalue weighted by atomic mass is 9.95. The average Bonchev–Trinajstić information content (AvgIpc) is 3.24. The smallest absolute Gasteiger partial charge is 0.244 e. The molecule has 3 N–H and O–H groups in total. The van der Waals surface area contributed by atoms with Crippen molar-refractivity contribution < 1.29 is 9.59 Å². The number of benzene rings is 1. The van der Waals surface area contributed by atoms with Crippen molar-refractivity contribution in [3.63, 3.8) is 0 Å². The zero-order valence-electron chi connectivity index (χ0n) is 16.5. The van der Waals surface area contributed by atoms with Gasteiger partial charge in [-0.05, 0) is 57.3 Å². The Labute approximate surface area is 174 Å². The van der Waals surface area contributed by atoms with E-state index in [1.54, 1.807) is 4.90 Å². The van der Waals surface area contributed by atoms with Gasteiger partial charge < -0.3 is 20.9 Å². The van der Waals surface area contributed by atoms with Gasteiger partial charge in [0.1, 0.15) is 6.04 Å². The third kappa shape index (κ3) is 6.19. The summed E-state index contributed by atoms with van der Waals surface area (Å²) in [4.78, 5) is 29.2. The van der Waals surface area contributed by atoms with E-state index in [1.807, 2.05) is 30.3 Å². The number of nitrogens with one attached hydrogen (secondary N) is 1. The maximum atomic E-state index is 12.6. The summed E-state index contributed by atoms with van der Waals surface area (Å²) in [5.74, 6) is 0.0929. The summed E-state index contributed by atoms with van der Waals surface area (Å²) in [6.07, 6.45) is 5.04. The Hall–Kier alpha value is -1.63. The van der Waals surface area contributed by atoms with Crippen LogP contribution in [0.3, 0.4) is 0 Å². The lowest BCUT2D eigenvalue weighted by Gasteiger charge is -2.33. The number of nitrogens with zero attached hydrogens (tertiary/aromatic N) is 2. The van der Waals surface area contributed by atoms with Crippen LogP contribution in [-0.2, 0) is 9.59 Å². The molecule has 2 heterocycles. The minimum absolute atomic E-state index is 0. The molecule has 0 aliphatic carbocycles. The summed E-state index contributed by atoms with van der Waals surface area (Å²) >= 11 is 0. The van der Waals surface area contributed by atoms with Crippen LogP contribution in [0.15, 0.2) is 30.3 Å². The van der Waals surface area contributed by atoms with E-state index in [4.69, 9.17) is 5.73 Å². The van der Waals surface area contributed by atoms with Gasteiger partial charge in [-0.3, -0.25) is 9.59 Å². The fraction of sp³-hybridized carbons (Fsp3) is 0.619. The van der Waals surface area contributed by atoms with Crippen LogP contribution in [0.5, 0.6) is 0 Å². The molecule has 2 aliphatic heterocycles. The Balaban J connectivity index is 0.00000280. The maximum absolute atomic E-state index is 12.6. The fourth-order valence-corrected chi connectivity index (χ4v) is 4.03. The van der Waals surface area contributed by atoms with Crippen molar-refractivity contribution in [1.29, 1.82) is 0 Å². The number of carbonyl (C=O) groups is 2. The minimum atomic E-state index is -0.623. The van der Waals surface area contributed by atoms with E-state index in [9.17, 15) is 9.59 Å². The highest BCUT2D eigenvalue weighted by molar-refractivity contribution is 5.85. The van der Waals surface area contributed by atoms with Crippen molar-refractivity contribution in [2.24, 2.45) is 11.7 Å². The van der Waals surface area contributed by atoms with Gasteiger partial charge in [0.2, 0.25) is 11.8 Å². The van der Waals surface area contributed by atoms with Gasteiger partial charge in [0.15, 0.2) is 0 Å². The van der Waals surface area contributed by atoms with Crippen molar-refractivity contribution >= 4 is 24.2 Å². The summed E-state index contributed by atoms with van der Waals surface area (Å²) in [6.45, 7) is 5.42. The number of amides is 2. The van der Waals surface area contributed by atoms with Crippen LogP contribution in [0.4, 0.5) is 0 Å². The molecule has 0 aromatic heterocycles. The van der Waals surface area contributed by atoms with Gasteiger partial charge in [0, 0.05) is 25.6 Å². The van der Waals surface area contributed by atoms with Crippen LogP contribution in [-0.4, -0.2) is 60.9 Å². The lowest BCUT2D eigenvalue weighted by Crippen LogP contribution is -2.46. The van der Waals surface area contributed by atoms with Gasteiger partial charge in [-0.15, -0.1) is 12.4 Å². The average molecular weight is 409 g/mol. The molecule has 0 bridgehead atoms. The standard InChI is InChI=1S/C21H32N4O2.ClH/c22-19(17-7-2-1-3-8-17)21(27)25-15-9-18(10-16-25)20(26)23-11-6-14-24-12-4-5-13-24;/h1-3,7-8,18-19H,4-6,9-16,22H2,(H,23,26);1H. The summed E-state index contributed by atoms with van der Waals surface area (Å²) < 4.78 is 0. The second kappa shape index (κ2) is 11.4. The fourth-order valence-electron chi connectivity index (χ4n) is 4.03. The quantitative estimate of drug-likeness (QED) is 0.676. The van der Waals surface area contributed by atoms with Gasteiger partial charge in [-0.1, -0.05) is 30.3 Å². The Kier molecular flexibility index (Phi) is 9.22. The van der Waals surface area contributed by atoms with Crippen molar-refractivity contribution in [1.82, 2.24) is 15.1 Å². The van der Waals surface area contributed by atoms with Crippen LogP contribution >= 0.6 is 12.4 Å². The maximum Gasteiger partial charge on any atom is 0.244 e. The minimum Gasteiger partial charge on any atom is -0.356 e. The van der Waals surface area contributed by atoms with Gasteiger partial charge in [0.05, 0.1) is 0 Å². The Morgan fingerprint density at radius 2 is 1.71 bits per heavy atom. The molecule has 2 aliphatic rings. The molecule has 1 atom stereocenters. The van der Waals surface area contributed by atoms with Crippen LogP contribution in [0, 0.1) is 5.92 Å². The number of rotatable bonds is 7. The normalized spacial score (nSPS) is 19.1. The first-order valence-electron chi connectivity index (χ1n) is 10.2. The van der Waals surface area contributed by atoms with Crippen LogP contribution in [0.25, 0.3) is 0 Å². The first kappa shape index (κ1) is 22.7. The molecule has 0 saturated carbocycles. The molecule has 1 aromatic carbocycles. The summed E-state index contributed by atoms with van der Waals surface area (Å²) in [7, 11) is 0.